The van der Waals surface area contributed by atoms with Crippen LogP contribution >= 0.6 is 0 Å². The molecule has 1 heterocycles. The van der Waals surface area contributed by atoms with Crippen LogP contribution in [0.15, 0.2) is 0 Å². The van der Waals surface area contributed by atoms with Crippen LogP contribution in [-0.2, 0) is 14.3 Å². The molecule has 0 aliphatic carbocycles. The van der Waals surface area contributed by atoms with E-state index >= 15 is 0 Å². The Hall–Kier alpha value is -1.10. The van der Waals surface area contributed by atoms with E-state index in [1.165, 1.54) is 0 Å². The highest BCUT2D eigenvalue weighted by Crippen LogP contribution is 2.18. The van der Waals surface area contributed by atoms with Crippen molar-refractivity contribution in [3.63, 3.8) is 0 Å². The first-order valence-corrected chi connectivity index (χ1v) is 6.10. The Kier molecular flexibility index (Phi) is 5.41. The fourth-order valence-electron chi connectivity index (χ4n) is 1.96. The second-order valence-electron chi connectivity index (χ2n) is 4.89. The first-order valence-electron chi connectivity index (χ1n) is 6.10. The summed E-state index contributed by atoms with van der Waals surface area (Å²) in [6.45, 7) is 4.97. The Morgan fingerprint density at radius 1 is 1.35 bits per heavy atom. The molecule has 1 aliphatic rings. The maximum atomic E-state index is 11.7. The summed E-state index contributed by atoms with van der Waals surface area (Å²) in [5, 5.41) is 11.5. The molecule has 5 nitrogen and oxygen atoms in total. The molecule has 17 heavy (non-hydrogen) atoms. The van der Waals surface area contributed by atoms with Gasteiger partial charge in [0.05, 0.1) is 0 Å². The fraction of sp³-hybridized carbons (Fsp3) is 0.833. The maximum Gasteiger partial charge on any atom is 0.326 e. The smallest absolute Gasteiger partial charge is 0.326 e. The molecule has 0 spiro atoms. The van der Waals surface area contributed by atoms with Gasteiger partial charge < -0.3 is 15.2 Å². The summed E-state index contributed by atoms with van der Waals surface area (Å²) in [5.41, 5.74) is 0. The van der Waals surface area contributed by atoms with Crippen molar-refractivity contribution in [3.8, 4) is 0 Å². The van der Waals surface area contributed by atoms with Crippen molar-refractivity contribution < 1.29 is 19.4 Å². The normalized spacial score (nSPS) is 19.0. The second kappa shape index (κ2) is 6.59. The zero-order valence-electron chi connectivity index (χ0n) is 10.4. The predicted octanol–water partition coefficient (Wildman–Crippen LogP) is 1.03. The quantitative estimate of drug-likeness (QED) is 0.756. The van der Waals surface area contributed by atoms with E-state index in [4.69, 9.17) is 9.84 Å². The lowest BCUT2D eigenvalue weighted by atomic mass is 9.95. The van der Waals surface area contributed by atoms with Crippen molar-refractivity contribution in [1.29, 1.82) is 0 Å². The Morgan fingerprint density at radius 3 is 2.41 bits per heavy atom. The first kappa shape index (κ1) is 14.0. The third-order valence-corrected chi connectivity index (χ3v) is 3.06. The van der Waals surface area contributed by atoms with E-state index in [2.05, 4.69) is 5.32 Å². The van der Waals surface area contributed by atoms with Crippen LogP contribution in [0.2, 0.25) is 0 Å². The van der Waals surface area contributed by atoms with Crippen molar-refractivity contribution >= 4 is 11.9 Å². The molecule has 0 unspecified atom stereocenters. The molecule has 0 radical (unpaired) electrons. The number of carbonyl (C=O) groups is 2. The summed E-state index contributed by atoms with van der Waals surface area (Å²) in [4.78, 5) is 22.6. The lowest BCUT2D eigenvalue weighted by molar-refractivity contribution is -0.143. The Bertz CT molecular complexity index is 272. The van der Waals surface area contributed by atoms with E-state index in [-0.39, 0.29) is 11.8 Å². The molecule has 0 aromatic heterocycles. The van der Waals surface area contributed by atoms with Gasteiger partial charge in [-0.2, -0.15) is 0 Å². The van der Waals surface area contributed by atoms with E-state index in [9.17, 15) is 9.59 Å². The van der Waals surface area contributed by atoms with Gasteiger partial charge in [0.1, 0.15) is 6.04 Å². The van der Waals surface area contributed by atoms with Crippen LogP contribution < -0.4 is 5.32 Å². The molecule has 0 aromatic rings. The summed E-state index contributed by atoms with van der Waals surface area (Å²) in [7, 11) is 0. The number of carboxylic acid groups (broad SMARTS) is 1. The van der Waals surface area contributed by atoms with Crippen molar-refractivity contribution in [2.45, 2.75) is 39.2 Å². The third-order valence-electron chi connectivity index (χ3n) is 3.06. The van der Waals surface area contributed by atoms with Gasteiger partial charge in [0, 0.05) is 19.6 Å². The third kappa shape index (κ3) is 4.73. The Morgan fingerprint density at radius 2 is 1.94 bits per heavy atom. The topological polar surface area (TPSA) is 75.6 Å². The van der Waals surface area contributed by atoms with E-state index < -0.39 is 12.0 Å². The number of amides is 1. The monoisotopic (exact) mass is 243 g/mol. The summed E-state index contributed by atoms with van der Waals surface area (Å²) >= 11 is 0. The van der Waals surface area contributed by atoms with Crippen LogP contribution in [0.1, 0.15) is 33.1 Å². The number of carbonyl (C=O) groups excluding carboxylic acids is 1. The van der Waals surface area contributed by atoms with Crippen LogP contribution in [0.5, 0.6) is 0 Å². The molecular weight excluding hydrogens is 222 g/mol. The van der Waals surface area contributed by atoms with Crippen molar-refractivity contribution in [3.05, 3.63) is 0 Å². The predicted molar refractivity (Wildman–Crippen MR) is 62.6 cm³/mol. The lowest BCUT2D eigenvalue weighted by Gasteiger charge is -2.23. The van der Waals surface area contributed by atoms with Crippen LogP contribution in [0.25, 0.3) is 0 Å². The van der Waals surface area contributed by atoms with E-state index in [1.807, 2.05) is 0 Å². The maximum absolute atomic E-state index is 11.7. The van der Waals surface area contributed by atoms with Crippen molar-refractivity contribution in [2.75, 3.05) is 13.2 Å². The number of carboxylic acids is 1. The largest absolute Gasteiger partial charge is 0.480 e. The van der Waals surface area contributed by atoms with Crippen molar-refractivity contribution in [2.24, 2.45) is 11.8 Å². The molecule has 5 heteroatoms. The molecule has 1 atom stereocenters. The molecule has 1 amide bonds. The fourth-order valence-corrected chi connectivity index (χ4v) is 1.96. The second-order valence-corrected chi connectivity index (χ2v) is 4.89. The lowest BCUT2D eigenvalue weighted by Crippen LogP contribution is -2.45. The summed E-state index contributed by atoms with van der Waals surface area (Å²) in [5.74, 6) is -0.921. The SMILES string of the molecule is CC(C)[C@H](NC(=O)CC1CCOCC1)C(=O)O. The highest BCUT2D eigenvalue weighted by molar-refractivity contribution is 5.83. The number of hydrogen-bond donors (Lipinski definition) is 2. The molecule has 1 fully saturated rings. The number of rotatable bonds is 5. The van der Waals surface area contributed by atoms with Gasteiger partial charge in [0.15, 0.2) is 0 Å². The summed E-state index contributed by atoms with van der Waals surface area (Å²) < 4.78 is 5.21. The number of ether oxygens (including phenoxy) is 1. The van der Waals surface area contributed by atoms with E-state index in [0.29, 0.717) is 25.6 Å². The number of hydrogen-bond acceptors (Lipinski definition) is 3. The van der Waals surface area contributed by atoms with Gasteiger partial charge in [0.25, 0.3) is 0 Å². The number of aliphatic carboxylic acids is 1. The molecular formula is C12H21NO4. The van der Waals surface area contributed by atoms with Crippen LogP contribution in [-0.4, -0.2) is 36.2 Å². The molecule has 1 saturated heterocycles. The average Bonchev–Trinajstić information content (AvgIpc) is 2.26. The molecule has 0 saturated carbocycles. The minimum atomic E-state index is -0.972. The molecule has 2 N–H and O–H groups in total. The first-order chi connectivity index (χ1) is 8.00. The molecule has 1 aliphatic heterocycles. The van der Waals surface area contributed by atoms with Gasteiger partial charge >= 0.3 is 5.97 Å². The summed E-state index contributed by atoms with van der Waals surface area (Å²) in [6.07, 6.45) is 2.17. The van der Waals surface area contributed by atoms with E-state index in [0.717, 1.165) is 12.8 Å². The van der Waals surface area contributed by atoms with Gasteiger partial charge in [-0.1, -0.05) is 13.8 Å². The minimum absolute atomic E-state index is 0.105. The Balaban J connectivity index is 2.38. The van der Waals surface area contributed by atoms with Gasteiger partial charge in [0.2, 0.25) is 5.91 Å². The van der Waals surface area contributed by atoms with Gasteiger partial charge in [-0.3, -0.25) is 4.79 Å². The molecule has 0 aromatic carbocycles. The van der Waals surface area contributed by atoms with Gasteiger partial charge in [-0.05, 0) is 24.7 Å². The standard InChI is InChI=1S/C12H21NO4/c1-8(2)11(12(15)16)13-10(14)7-9-3-5-17-6-4-9/h8-9,11H,3-7H2,1-2H3,(H,13,14)(H,15,16)/t11-/m0/s1. The zero-order chi connectivity index (χ0) is 12.8. The minimum Gasteiger partial charge on any atom is -0.480 e. The van der Waals surface area contributed by atoms with E-state index in [1.54, 1.807) is 13.8 Å². The van der Waals surface area contributed by atoms with Crippen LogP contribution in [0.3, 0.4) is 0 Å². The molecule has 0 bridgehead atoms. The van der Waals surface area contributed by atoms with Crippen LogP contribution in [0.4, 0.5) is 0 Å². The van der Waals surface area contributed by atoms with Gasteiger partial charge in [-0.25, -0.2) is 4.79 Å². The number of nitrogens with one attached hydrogen (secondary N) is 1. The average molecular weight is 243 g/mol. The van der Waals surface area contributed by atoms with Crippen LogP contribution in [0, 0.1) is 11.8 Å². The summed E-state index contributed by atoms with van der Waals surface area (Å²) in [6, 6.07) is -0.789. The van der Waals surface area contributed by atoms with Gasteiger partial charge in [-0.15, -0.1) is 0 Å². The highest BCUT2D eigenvalue weighted by Gasteiger charge is 2.25. The van der Waals surface area contributed by atoms with Crippen molar-refractivity contribution in [1.82, 2.24) is 5.32 Å². The molecule has 1 rings (SSSR count). The molecule has 98 valence electrons. The Labute approximate surface area is 102 Å². The zero-order valence-corrected chi connectivity index (χ0v) is 10.4. The highest BCUT2D eigenvalue weighted by atomic mass is 16.5.